The van der Waals surface area contributed by atoms with Crippen LogP contribution in [0.5, 0.6) is 0 Å². The van der Waals surface area contributed by atoms with Gasteiger partial charge in [-0.3, -0.25) is 14.7 Å². The van der Waals surface area contributed by atoms with Gasteiger partial charge in [0.25, 0.3) is 0 Å². The molecule has 0 aliphatic carbocycles. The number of H-pyrrole nitrogens is 1. The quantitative estimate of drug-likeness (QED) is 0.819. The minimum absolute atomic E-state index is 0.0326. The highest BCUT2D eigenvalue weighted by Crippen LogP contribution is 2.19. The monoisotopic (exact) mass is 250 g/mol. The molecular formula is C12H18N4O2. The SMILES string of the molecule is CC(=O)N1CCCC(C(=O)Nc2[nH]ncc2C)C1. The Bertz CT molecular complexity index is 455. The van der Waals surface area contributed by atoms with Crippen LogP contribution in [0.15, 0.2) is 6.20 Å². The van der Waals surface area contributed by atoms with Crippen LogP contribution in [0.3, 0.4) is 0 Å². The second kappa shape index (κ2) is 5.20. The third kappa shape index (κ3) is 2.69. The lowest BCUT2D eigenvalue weighted by Gasteiger charge is -2.31. The van der Waals surface area contributed by atoms with Gasteiger partial charge in [-0.25, -0.2) is 0 Å². The van der Waals surface area contributed by atoms with E-state index in [0.29, 0.717) is 12.4 Å². The summed E-state index contributed by atoms with van der Waals surface area (Å²) < 4.78 is 0. The van der Waals surface area contributed by atoms with Crippen LogP contribution in [-0.4, -0.2) is 40.0 Å². The number of anilines is 1. The Balaban J connectivity index is 1.97. The van der Waals surface area contributed by atoms with E-state index in [1.165, 1.54) is 0 Å². The van der Waals surface area contributed by atoms with Gasteiger partial charge in [0, 0.05) is 25.6 Å². The van der Waals surface area contributed by atoms with Crippen molar-refractivity contribution in [3.63, 3.8) is 0 Å². The van der Waals surface area contributed by atoms with E-state index < -0.39 is 0 Å². The first kappa shape index (κ1) is 12.6. The summed E-state index contributed by atoms with van der Waals surface area (Å²) in [6.07, 6.45) is 3.36. The fourth-order valence-corrected chi connectivity index (χ4v) is 2.18. The molecule has 0 aromatic carbocycles. The number of rotatable bonds is 2. The molecule has 18 heavy (non-hydrogen) atoms. The van der Waals surface area contributed by atoms with Crippen LogP contribution in [0.2, 0.25) is 0 Å². The molecule has 98 valence electrons. The number of aromatic amines is 1. The number of amides is 2. The summed E-state index contributed by atoms with van der Waals surface area (Å²) >= 11 is 0. The Labute approximate surface area is 106 Å². The highest BCUT2D eigenvalue weighted by atomic mass is 16.2. The van der Waals surface area contributed by atoms with E-state index in [2.05, 4.69) is 15.5 Å². The van der Waals surface area contributed by atoms with Crippen LogP contribution >= 0.6 is 0 Å². The third-order valence-electron chi connectivity index (χ3n) is 3.31. The van der Waals surface area contributed by atoms with Gasteiger partial charge in [-0.15, -0.1) is 0 Å². The van der Waals surface area contributed by atoms with Crippen LogP contribution in [0.25, 0.3) is 0 Å². The smallest absolute Gasteiger partial charge is 0.230 e. The summed E-state index contributed by atoms with van der Waals surface area (Å²) in [6, 6.07) is 0. The maximum atomic E-state index is 12.1. The third-order valence-corrected chi connectivity index (χ3v) is 3.31. The van der Waals surface area contributed by atoms with E-state index in [4.69, 9.17) is 0 Å². The standard InChI is InChI=1S/C12H18N4O2/c1-8-6-13-15-11(8)14-12(18)10-4-3-5-16(7-10)9(2)17/h6,10H,3-5,7H2,1-2H3,(H2,13,14,15,18). The minimum Gasteiger partial charge on any atom is -0.342 e. The number of aromatic nitrogens is 2. The minimum atomic E-state index is -0.134. The average molecular weight is 250 g/mol. The molecule has 0 saturated carbocycles. The van der Waals surface area contributed by atoms with Crippen LogP contribution < -0.4 is 5.32 Å². The van der Waals surface area contributed by atoms with E-state index in [-0.39, 0.29) is 17.7 Å². The molecule has 2 rings (SSSR count). The van der Waals surface area contributed by atoms with Gasteiger partial charge in [0.05, 0.1) is 12.1 Å². The number of carbonyl (C=O) groups excluding carboxylic acids is 2. The molecule has 1 unspecified atom stereocenters. The number of likely N-dealkylation sites (tertiary alicyclic amines) is 1. The molecule has 1 aliphatic heterocycles. The van der Waals surface area contributed by atoms with Gasteiger partial charge < -0.3 is 10.2 Å². The second-order valence-electron chi connectivity index (χ2n) is 4.72. The first-order valence-electron chi connectivity index (χ1n) is 6.14. The predicted octanol–water partition coefficient (Wildman–Crippen LogP) is 0.915. The summed E-state index contributed by atoms with van der Waals surface area (Å²) in [5.74, 6) is 0.490. The molecule has 2 heterocycles. The van der Waals surface area contributed by atoms with Crippen molar-refractivity contribution in [2.75, 3.05) is 18.4 Å². The molecule has 0 bridgehead atoms. The second-order valence-corrected chi connectivity index (χ2v) is 4.72. The summed E-state index contributed by atoms with van der Waals surface area (Å²) in [7, 11) is 0. The topological polar surface area (TPSA) is 78.1 Å². The molecule has 1 aliphatic rings. The number of piperidine rings is 1. The zero-order valence-electron chi connectivity index (χ0n) is 10.7. The Morgan fingerprint density at radius 1 is 1.56 bits per heavy atom. The van der Waals surface area contributed by atoms with Crippen molar-refractivity contribution < 1.29 is 9.59 Å². The maximum Gasteiger partial charge on any atom is 0.230 e. The highest BCUT2D eigenvalue weighted by Gasteiger charge is 2.27. The lowest BCUT2D eigenvalue weighted by molar-refractivity contribution is -0.132. The molecule has 1 aromatic heterocycles. The van der Waals surface area contributed by atoms with Gasteiger partial charge in [0.15, 0.2) is 0 Å². The van der Waals surface area contributed by atoms with Gasteiger partial charge in [-0.1, -0.05) is 0 Å². The molecule has 0 spiro atoms. The van der Waals surface area contributed by atoms with Crippen LogP contribution in [0.4, 0.5) is 5.82 Å². The first-order valence-corrected chi connectivity index (χ1v) is 6.14. The Hall–Kier alpha value is -1.85. The molecule has 1 saturated heterocycles. The van der Waals surface area contributed by atoms with Gasteiger partial charge in [0.1, 0.15) is 5.82 Å². The fraction of sp³-hybridized carbons (Fsp3) is 0.583. The van der Waals surface area contributed by atoms with Crippen LogP contribution in [-0.2, 0) is 9.59 Å². The normalized spacial score (nSPS) is 19.7. The number of hydrogen-bond donors (Lipinski definition) is 2. The lowest BCUT2D eigenvalue weighted by Crippen LogP contribution is -2.42. The number of aryl methyl sites for hydroxylation is 1. The van der Waals surface area contributed by atoms with E-state index >= 15 is 0 Å². The highest BCUT2D eigenvalue weighted by molar-refractivity contribution is 5.92. The van der Waals surface area contributed by atoms with Crippen molar-refractivity contribution in [3.05, 3.63) is 11.8 Å². The molecule has 1 atom stereocenters. The summed E-state index contributed by atoms with van der Waals surface area (Å²) in [5, 5.41) is 9.43. The zero-order valence-corrected chi connectivity index (χ0v) is 10.7. The number of nitrogens with zero attached hydrogens (tertiary/aromatic N) is 2. The largest absolute Gasteiger partial charge is 0.342 e. The molecule has 2 N–H and O–H groups in total. The van der Waals surface area contributed by atoms with Crippen LogP contribution in [0.1, 0.15) is 25.3 Å². The number of nitrogens with one attached hydrogen (secondary N) is 2. The fourth-order valence-electron chi connectivity index (χ4n) is 2.18. The number of hydrogen-bond acceptors (Lipinski definition) is 3. The maximum absolute atomic E-state index is 12.1. The molecule has 1 fully saturated rings. The van der Waals surface area contributed by atoms with Gasteiger partial charge in [-0.05, 0) is 19.8 Å². The van der Waals surface area contributed by atoms with Crippen molar-refractivity contribution in [2.24, 2.45) is 5.92 Å². The molecule has 6 heteroatoms. The van der Waals surface area contributed by atoms with Crippen molar-refractivity contribution in [3.8, 4) is 0 Å². The van der Waals surface area contributed by atoms with Crippen molar-refractivity contribution >= 4 is 17.6 Å². The van der Waals surface area contributed by atoms with Crippen molar-refractivity contribution in [1.29, 1.82) is 0 Å². The Kier molecular flexibility index (Phi) is 3.64. The summed E-state index contributed by atoms with van der Waals surface area (Å²) in [6.45, 7) is 4.68. The van der Waals surface area contributed by atoms with Crippen LogP contribution in [0, 0.1) is 12.8 Å². The molecule has 6 nitrogen and oxygen atoms in total. The molecule has 0 radical (unpaired) electrons. The summed E-state index contributed by atoms with van der Waals surface area (Å²) in [5.41, 5.74) is 0.905. The summed E-state index contributed by atoms with van der Waals surface area (Å²) in [4.78, 5) is 25.1. The molecule has 1 aromatic rings. The van der Waals surface area contributed by atoms with E-state index in [1.54, 1.807) is 18.0 Å². The van der Waals surface area contributed by atoms with Gasteiger partial charge in [-0.2, -0.15) is 5.10 Å². The Morgan fingerprint density at radius 3 is 2.94 bits per heavy atom. The Morgan fingerprint density at radius 2 is 2.33 bits per heavy atom. The van der Waals surface area contributed by atoms with Crippen molar-refractivity contribution in [1.82, 2.24) is 15.1 Å². The van der Waals surface area contributed by atoms with Crippen molar-refractivity contribution in [2.45, 2.75) is 26.7 Å². The first-order chi connectivity index (χ1) is 8.58. The van der Waals surface area contributed by atoms with E-state index in [0.717, 1.165) is 24.9 Å². The van der Waals surface area contributed by atoms with Gasteiger partial charge in [0.2, 0.25) is 11.8 Å². The van der Waals surface area contributed by atoms with E-state index in [9.17, 15) is 9.59 Å². The zero-order chi connectivity index (χ0) is 13.1. The lowest BCUT2D eigenvalue weighted by atomic mass is 9.97. The average Bonchev–Trinajstić information content (AvgIpc) is 2.75. The molecular weight excluding hydrogens is 232 g/mol. The molecule has 2 amide bonds. The number of carbonyl (C=O) groups is 2. The predicted molar refractivity (Wildman–Crippen MR) is 66.9 cm³/mol. The van der Waals surface area contributed by atoms with Gasteiger partial charge >= 0.3 is 0 Å². The van der Waals surface area contributed by atoms with E-state index in [1.807, 2.05) is 6.92 Å².